The molecule has 1 amide bonds. The van der Waals surface area contributed by atoms with Crippen molar-refractivity contribution in [2.24, 2.45) is 5.92 Å². The summed E-state index contributed by atoms with van der Waals surface area (Å²) in [6, 6.07) is 9.66. The highest BCUT2D eigenvalue weighted by Crippen LogP contribution is 2.31. The van der Waals surface area contributed by atoms with E-state index < -0.39 is 23.8 Å². The van der Waals surface area contributed by atoms with Gasteiger partial charge in [-0.05, 0) is 62.4 Å². The Morgan fingerprint density at radius 2 is 1.86 bits per heavy atom. The van der Waals surface area contributed by atoms with Crippen molar-refractivity contribution < 1.29 is 37.7 Å². The number of esters is 1. The van der Waals surface area contributed by atoms with Crippen molar-refractivity contribution in [1.82, 2.24) is 0 Å². The SMILES string of the molecule is CCOC(=O)/C(C)=C/CC[C@@H](C)[C@@H](OC(=O)Nc1ccc(F)cc1F)c1ccc(OCCO)cc1. The van der Waals surface area contributed by atoms with Gasteiger partial charge in [0.1, 0.15) is 30.1 Å². The second kappa shape index (κ2) is 14.1. The molecule has 0 heterocycles. The second-order valence-corrected chi connectivity index (χ2v) is 7.88. The number of allylic oxidation sites excluding steroid dienone is 1. The number of anilines is 1. The van der Waals surface area contributed by atoms with Crippen LogP contribution < -0.4 is 10.1 Å². The van der Waals surface area contributed by atoms with Gasteiger partial charge in [-0.15, -0.1) is 0 Å². The molecule has 0 aliphatic carbocycles. The van der Waals surface area contributed by atoms with Crippen LogP contribution in [-0.2, 0) is 14.3 Å². The predicted molar refractivity (Wildman–Crippen MR) is 127 cm³/mol. The topological polar surface area (TPSA) is 94.1 Å². The molecule has 0 aliphatic heterocycles. The Bertz CT molecular complexity index is 1010. The number of amides is 1. The van der Waals surface area contributed by atoms with Crippen LogP contribution in [0.2, 0.25) is 0 Å². The van der Waals surface area contributed by atoms with Gasteiger partial charge in [-0.25, -0.2) is 18.4 Å². The van der Waals surface area contributed by atoms with Crippen molar-refractivity contribution in [3.8, 4) is 5.75 Å². The van der Waals surface area contributed by atoms with Crippen LogP contribution in [0.15, 0.2) is 54.1 Å². The maximum Gasteiger partial charge on any atom is 0.412 e. The molecule has 0 saturated heterocycles. The minimum atomic E-state index is -0.920. The zero-order chi connectivity index (χ0) is 25.8. The molecule has 0 unspecified atom stereocenters. The minimum absolute atomic E-state index is 0.122. The molecule has 2 N–H and O–H groups in total. The molecule has 0 radical (unpaired) electrons. The number of benzene rings is 2. The van der Waals surface area contributed by atoms with Gasteiger partial charge in [0, 0.05) is 11.6 Å². The lowest BCUT2D eigenvalue weighted by atomic mass is 9.92. The summed E-state index contributed by atoms with van der Waals surface area (Å²) in [6.45, 7) is 5.61. The summed E-state index contributed by atoms with van der Waals surface area (Å²) < 4.78 is 43.1. The van der Waals surface area contributed by atoms with Crippen LogP contribution in [0.4, 0.5) is 19.3 Å². The third-order valence-corrected chi connectivity index (χ3v) is 5.16. The van der Waals surface area contributed by atoms with Crippen LogP contribution >= 0.6 is 0 Å². The average Bonchev–Trinajstić information content (AvgIpc) is 2.83. The minimum Gasteiger partial charge on any atom is -0.491 e. The van der Waals surface area contributed by atoms with E-state index in [0.29, 0.717) is 35.8 Å². The average molecular weight is 492 g/mol. The molecule has 0 fully saturated rings. The Morgan fingerprint density at radius 3 is 2.49 bits per heavy atom. The van der Waals surface area contributed by atoms with E-state index in [-0.39, 0.29) is 37.4 Å². The fraction of sp³-hybridized carbons (Fsp3) is 0.385. The first-order valence-electron chi connectivity index (χ1n) is 11.3. The van der Waals surface area contributed by atoms with Gasteiger partial charge in [0.15, 0.2) is 0 Å². The number of carbonyl (C=O) groups is 2. The number of halogens is 2. The first-order valence-corrected chi connectivity index (χ1v) is 11.3. The van der Waals surface area contributed by atoms with Gasteiger partial charge in [-0.3, -0.25) is 5.32 Å². The Balaban J connectivity index is 2.15. The summed E-state index contributed by atoms with van der Waals surface area (Å²) in [5.74, 6) is -1.71. The summed E-state index contributed by atoms with van der Waals surface area (Å²) in [6.07, 6.45) is 1.28. The molecule has 2 atom stereocenters. The summed E-state index contributed by atoms with van der Waals surface area (Å²) in [5.41, 5.74) is 0.963. The number of hydrogen-bond acceptors (Lipinski definition) is 6. The number of rotatable bonds is 12. The van der Waals surface area contributed by atoms with E-state index in [0.717, 1.165) is 12.1 Å². The molecule has 0 bridgehead atoms. The Kier molecular flexibility index (Phi) is 11.2. The first-order chi connectivity index (χ1) is 16.7. The molecule has 0 aromatic heterocycles. The number of aliphatic hydroxyl groups is 1. The van der Waals surface area contributed by atoms with Crippen LogP contribution in [0, 0.1) is 17.6 Å². The smallest absolute Gasteiger partial charge is 0.412 e. The van der Waals surface area contributed by atoms with Gasteiger partial charge in [0.05, 0.1) is 18.9 Å². The van der Waals surface area contributed by atoms with Gasteiger partial charge in [-0.2, -0.15) is 0 Å². The predicted octanol–water partition coefficient (Wildman–Crippen LogP) is 5.55. The lowest BCUT2D eigenvalue weighted by molar-refractivity contribution is -0.138. The van der Waals surface area contributed by atoms with Crippen LogP contribution in [0.25, 0.3) is 0 Å². The van der Waals surface area contributed by atoms with E-state index >= 15 is 0 Å². The van der Waals surface area contributed by atoms with Crippen LogP contribution in [0.5, 0.6) is 5.75 Å². The second-order valence-electron chi connectivity index (χ2n) is 7.88. The highest BCUT2D eigenvalue weighted by atomic mass is 19.1. The molecule has 0 aliphatic rings. The highest BCUT2D eigenvalue weighted by Gasteiger charge is 2.24. The quantitative estimate of drug-likeness (QED) is 0.299. The fourth-order valence-corrected chi connectivity index (χ4v) is 3.32. The summed E-state index contributed by atoms with van der Waals surface area (Å²) in [4.78, 5) is 24.4. The lowest BCUT2D eigenvalue weighted by Gasteiger charge is -2.25. The normalized spacial score (nSPS) is 13.0. The van der Waals surface area contributed by atoms with E-state index in [2.05, 4.69) is 5.32 Å². The molecule has 2 aromatic rings. The van der Waals surface area contributed by atoms with Crippen LogP contribution in [0.3, 0.4) is 0 Å². The lowest BCUT2D eigenvalue weighted by Crippen LogP contribution is -2.22. The Morgan fingerprint density at radius 1 is 1.14 bits per heavy atom. The zero-order valence-electron chi connectivity index (χ0n) is 20.1. The molecular formula is C26H31F2NO6. The summed E-state index contributed by atoms with van der Waals surface area (Å²) in [5, 5.41) is 11.2. The van der Waals surface area contributed by atoms with Crippen LogP contribution in [0.1, 0.15) is 45.3 Å². The standard InChI is InChI=1S/C26H31F2NO6/c1-4-33-25(31)18(3)7-5-6-17(2)24(19-8-11-21(12-9-19)34-15-14-30)35-26(32)29-23-13-10-20(27)16-22(23)28/h7-13,16-17,24,30H,4-6,14-15H2,1-3H3,(H,29,32)/b18-7+/t17-,24-/m1/s1. The Labute approximate surface area is 203 Å². The molecule has 9 heteroatoms. The van der Waals surface area contributed by atoms with Crippen molar-refractivity contribution >= 4 is 17.7 Å². The van der Waals surface area contributed by atoms with E-state index in [1.807, 2.05) is 6.92 Å². The zero-order valence-corrected chi connectivity index (χ0v) is 20.1. The number of ether oxygens (including phenoxy) is 3. The molecule has 2 aromatic carbocycles. The number of carbonyl (C=O) groups excluding carboxylic acids is 2. The van der Waals surface area contributed by atoms with Gasteiger partial charge in [0.2, 0.25) is 0 Å². The largest absolute Gasteiger partial charge is 0.491 e. The van der Waals surface area contributed by atoms with Crippen molar-refractivity contribution in [3.05, 3.63) is 71.3 Å². The first kappa shape index (κ1) is 27.8. The van der Waals surface area contributed by atoms with Gasteiger partial charge in [-0.1, -0.05) is 25.1 Å². The van der Waals surface area contributed by atoms with E-state index in [4.69, 9.17) is 19.3 Å². The van der Waals surface area contributed by atoms with Crippen molar-refractivity contribution in [3.63, 3.8) is 0 Å². The number of aliphatic hydroxyl groups excluding tert-OH is 1. The maximum absolute atomic E-state index is 14.0. The molecule has 190 valence electrons. The van der Waals surface area contributed by atoms with Crippen molar-refractivity contribution in [2.75, 3.05) is 25.1 Å². The van der Waals surface area contributed by atoms with Gasteiger partial charge in [0.25, 0.3) is 0 Å². The third kappa shape index (κ3) is 9.01. The van der Waals surface area contributed by atoms with E-state index in [9.17, 15) is 18.4 Å². The third-order valence-electron chi connectivity index (χ3n) is 5.16. The molecular weight excluding hydrogens is 460 g/mol. The number of hydrogen-bond donors (Lipinski definition) is 2. The summed E-state index contributed by atoms with van der Waals surface area (Å²) >= 11 is 0. The number of nitrogens with one attached hydrogen (secondary N) is 1. The van der Waals surface area contributed by atoms with Crippen molar-refractivity contribution in [1.29, 1.82) is 0 Å². The fourth-order valence-electron chi connectivity index (χ4n) is 3.32. The van der Waals surface area contributed by atoms with Gasteiger partial charge < -0.3 is 19.3 Å². The Hall–Kier alpha value is -3.46. The van der Waals surface area contributed by atoms with E-state index in [1.54, 1.807) is 44.2 Å². The highest BCUT2D eigenvalue weighted by molar-refractivity contribution is 5.87. The molecule has 0 saturated carbocycles. The van der Waals surface area contributed by atoms with E-state index in [1.165, 1.54) is 0 Å². The van der Waals surface area contributed by atoms with Crippen molar-refractivity contribution in [2.45, 2.75) is 39.7 Å². The van der Waals surface area contributed by atoms with Crippen LogP contribution in [-0.4, -0.2) is 37.0 Å². The molecule has 2 rings (SSSR count). The molecule has 35 heavy (non-hydrogen) atoms. The monoisotopic (exact) mass is 491 g/mol. The maximum atomic E-state index is 14.0. The van der Waals surface area contributed by atoms with Gasteiger partial charge >= 0.3 is 12.1 Å². The molecule has 7 nitrogen and oxygen atoms in total. The molecule has 0 spiro atoms. The summed E-state index contributed by atoms with van der Waals surface area (Å²) in [7, 11) is 0.